The van der Waals surface area contributed by atoms with Crippen LogP contribution in [0.1, 0.15) is 35.7 Å². The minimum absolute atomic E-state index is 0.502. The number of ether oxygens (including phenoxy) is 1. The largest absolute Gasteiger partial charge is 0.439 e. The molecular formula is C17H22N2O. The Labute approximate surface area is 120 Å². The number of pyridine rings is 1. The molecule has 0 radical (unpaired) electrons. The summed E-state index contributed by atoms with van der Waals surface area (Å²) >= 11 is 0. The van der Waals surface area contributed by atoms with E-state index < -0.39 is 0 Å². The van der Waals surface area contributed by atoms with E-state index in [0.717, 1.165) is 35.4 Å². The van der Waals surface area contributed by atoms with Gasteiger partial charge >= 0.3 is 0 Å². The molecule has 0 atom stereocenters. The smallest absolute Gasteiger partial charge is 0.219 e. The van der Waals surface area contributed by atoms with Gasteiger partial charge in [0, 0.05) is 18.3 Å². The molecule has 0 spiro atoms. The molecule has 2 rings (SSSR count). The lowest BCUT2D eigenvalue weighted by Gasteiger charge is -2.12. The number of hydrogen-bond acceptors (Lipinski definition) is 3. The molecule has 1 aromatic heterocycles. The van der Waals surface area contributed by atoms with Gasteiger partial charge in [0.1, 0.15) is 5.75 Å². The van der Waals surface area contributed by atoms with E-state index in [1.165, 1.54) is 5.56 Å². The van der Waals surface area contributed by atoms with Crippen molar-refractivity contribution in [3.8, 4) is 11.6 Å². The summed E-state index contributed by atoms with van der Waals surface area (Å²) in [6, 6.07) is 10.0. The number of nitrogens with two attached hydrogens (primary N) is 1. The van der Waals surface area contributed by atoms with Crippen LogP contribution in [0.5, 0.6) is 11.6 Å². The molecule has 0 unspecified atom stereocenters. The Morgan fingerprint density at radius 3 is 2.70 bits per heavy atom. The third kappa shape index (κ3) is 3.36. The molecule has 3 heteroatoms. The summed E-state index contributed by atoms with van der Waals surface area (Å²) in [6.07, 6.45) is 2.00. The average molecular weight is 270 g/mol. The van der Waals surface area contributed by atoms with E-state index in [2.05, 4.69) is 37.9 Å². The van der Waals surface area contributed by atoms with Gasteiger partial charge in [-0.15, -0.1) is 0 Å². The zero-order valence-corrected chi connectivity index (χ0v) is 12.4. The van der Waals surface area contributed by atoms with Gasteiger partial charge in [-0.25, -0.2) is 4.98 Å². The van der Waals surface area contributed by atoms with Crippen molar-refractivity contribution in [1.29, 1.82) is 0 Å². The van der Waals surface area contributed by atoms with Crippen molar-refractivity contribution in [2.75, 3.05) is 0 Å². The van der Waals surface area contributed by atoms with Crippen molar-refractivity contribution < 1.29 is 4.74 Å². The van der Waals surface area contributed by atoms with Crippen LogP contribution < -0.4 is 10.5 Å². The molecule has 2 aromatic rings. The molecule has 0 saturated heterocycles. The quantitative estimate of drug-likeness (QED) is 0.896. The molecule has 0 aliphatic heterocycles. The normalized spacial score (nSPS) is 10.6. The molecule has 2 N–H and O–H groups in total. The molecule has 1 aromatic carbocycles. The zero-order valence-electron chi connectivity index (χ0n) is 12.4. The monoisotopic (exact) mass is 270 g/mol. The molecule has 0 bridgehead atoms. The molecule has 3 nitrogen and oxygen atoms in total. The summed E-state index contributed by atoms with van der Waals surface area (Å²) in [5.74, 6) is 1.49. The summed E-state index contributed by atoms with van der Waals surface area (Å²) in [7, 11) is 0. The number of aromatic nitrogens is 1. The van der Waals surface area contributed by atoms with Gasteiger partial charge in [-0.3, -0.25) is 0 Å². The highest BCUT2D eigenvalue weighted by Gasteiger charge is 2.07. The minimum Gasteiger partial charge on any atom is -0.439 e. The Hall–Kier alpha value is -1.87. The van der Waals surface area contributed by atoms with E-state index in [1.807, 2.05) is 18.2 Å². The Bertz CT molecular complexity index is 594. The third-order valence-corrected chi connectivity index (χ3v) is 3.43. The molecule has 20 heavy (non-hydrogen) atoms. The zero-order chi connectivity index (χ0) is 14.5. The van der Waals surface area contributed by atoms with Gasteiger partial charge in [0.25, 0.3) is 0 Å². The molecule has 0 amide bonds. The van der Waals surface area contributed by atoms with Gasteiger partial charge in [-0.2, -0.15) is 0 Å². The number of nitrogens with zero attached hydrogens (tertiary/aromatic N) is 1. The summed E-state index contributed by atoms with van der Waals surface area (Å²) in [4.78, 5) is 4.56. The first-order valence-corrected chi connectivity index (χ1v) is 7.08. The fraction of sp³-hybridized carbons (Fsp3) is 0.353. The Morgan fingerprint density at radius 1 is 1.20 bits per heavy atom. The molecule has 0 saturated carbocycles. The molecule has 0 aliphatic carbocycles. The molecule has 0 fully saturated rings. The summed E-state index contributed by atoms with van der Waals surface area (Å²) in [5.41, 5.74) is 10.2. The second-order valence-corrected chi connectivity index (χ2v) is 5.06. The van der Waals surface area contributed by atoms with E-state index in [9.17, 15) is 0 Å². The highest BCUT2D eigenvalue weighted by atomic mass is 16.5. The summed E-state index contributed by atoms with van der Waals surface area (Å²) in [6.45, 7) is 6.78. The first kappa shape index (κ1) is 14.5. The van der Waals surface area contributed by atoms with Gasteiger partial charge in [0.15, 0.2) is 0 Å². The second kappa shape index (κ2) is 6.53. The van der Waals surface area contributed by atoms with Gasteiger partial charge in [0.2, 0.25) is 5.88 Å². The average Bonchev–Trinajstić information content (AvgIpc) is 2.44. The lowest BCUT2D eigenvalue weighted by molar-refractivity contribution is 0.456. The van der Waals surface area contributed by atoms with Crippen molar-refractivity contribution in [1.82, 2.24) is 4.98 Å². The molecule has 0 aliphatic rings. The summed E-state index contributed by atoms with van der Waals surface area (Å²) < 4.78 is 5.95. The van der Waals surface area contributed by atoms with Crippen molar-refractivity contribution in [3.63, 3.8) is 0 Å². The van der Waals surface area contributed by atoms with Gasteiger partial charge < -0.3 is 10.5 Å². The minimum atomic E-state index is 0.502. The third-order valence-electron chi connectivity index (χ3n) is 3.43. The van der Waals surface area contributed by atoms with Crippen LogP contribution in [0.25, 0.3) is 0 Å². The maximum absolute atomic E-state index is 5.95. The van der Waals surface area contributed by atoms with Gasteiger partial charge in [-0.05, 0) is 49.1 Å². The predicted molar refractivity (Wildman–Crippen MR) is 82.1 cm³/mol. The summed E-state index contributed by atoms with van der Waals surface area (Å²) in [5, 5.41) is 0. The number of benzene rings is 1. The van der Waals surface area contributed by atoms with Gasteiger partial charge in [0.05, 0.1) is 0 Å². The number of rotatable bonds is 5. The second-order valence-electron chi connectivity index (χ2n) is 5.06. The van der Waals surface area contributed by atoms with E-state index >= 15 is 0 Å². The number of hydrogen-bond donors (Lipinski definition) is 1. The van der Waals surface area contributed by atoms with Crippen molar-refractivity contribution in [3.05, 3.63) is 52.7 Å². The van der Waals surface area contributed by atoms with Crippen molar-refractivity contribution in [2.45, 2.75) is 40.2 Å². The maximum Gasteiger partial charge on any atom is 0.219 e. The highest BCUT2D eigenvalue weighted by molar-refractivity contribution is 5.40. The Kier molecular flexibility index (Phi) is 4.74. The highest BCUT2D eigenvalue weighted by Crippen LogP contribution is 2.26. The first-order chi connectivity index (χ1) is 9.63. The molecule has 106 valence electrons. The fourth-order valence-electron chi connectivity index (χ4n) is 2.12. The molecule has 1 heterocycles. The van der Waals surface area contributed by atoms with Crippen LogP contribution in [0.2, 0.25) is 0 Å². The topological polar surface area (TPSA) is 48.1 Å². The van der Waals surface area contributed by atoms with Crippen molar-refractivity contribution in [2.24, 2.45) is 5.73 Å². The lowest BCUT2D eigenvalue weighted by atomic mass is 10.1. The predicted octanol–water partition coefficient (Wildman–Crippen LogP) is 3.90. The standard InChI is InChI=1S/C17H22N2O/c1-4-6-15-9-14(11-18)10-17(19-15)20-16-8-5-7-12(2)13(16)3/h5,7-10H,4,6,11,18H2,1-3H3. The fourth-order valence-corrected chi connectivity index (χ4v) is 2.12. The Morgan fingerprint density at radius 2 is 2.00 bits per heavy atom. The van der Waals surface area contributed by atoms with Crippen LogP contribution >= 0.6 is 0 Å². The van der Waals surface area contributed by atoms with Crippen LogP contribution in [-0.4, -0.2) is 4.98 Å². The van der Waals surface area contributed by atoms with Crippen LogP contribution in [-0.2, 0) is 13.0 Å². The van der Waals surface area contributed by atoms with E-state index in [0.29, 0.717) is 12.4 Å². The first-order valence-electron chi connectivity index (χ1n) is 7.08. The Balaban J connectivity index is 2.32. The SMILES string of the molecule is CCCc1cc(CN)cc(Oc2cccc(C)c2C)n1. The van der Waals surface area contributed by atoms with E-state index in [-0.39, 0.29) is 0 Å². The van der Waals surface area contributed by atoms with Crippen LogP contribution in [0.3, 0.4) is 0 Å². The van der Waals surface area contributed by atoms with Crippen LogP contribution in [0.15, 0.2) is 30.3 Å². The maximum atomic E-state index is 5.95. The van der Waals surface area contributed by atoms with E-state index in [1.54, 1.807) is 0 Å². The van der Waals surface area contributed by atoms with Gasteiger partial charge in [-0.1, -0.05) is 25.5 Å². The van der Waals surface area contributed by atoms with Crippen LogP contribution in [0.4, 0.5) is 0 Å². The number of aryl methyl sites for hydroxylation is 2. The lowest BCUT2D eigenvalue weighted by Crippen LogP contribution is -2.02. The molecular weight excluding hydrogens is 248 g/mol. The van der Waals surface area contributed by atoms with E-state index in [4.69, 9.17) is 10.5 Å². The van der Waals surface area contributed by atoms with Crippen molar-refractivity contribution >= 4 is 0 Å². The van der Waals surface area contributed by atoms with Crippen LogP contribution in [0, 0.1) is 13.8 Å².